The van der Waals surface area contributed by atoms with E-state index >= 15 is 0 Å². The Morgan fingerprint density at radius 3 is 2.37 bits per heavy atom. The Morgan fingerprint density at radius 1 is 1.11 bits per heavy atom. The summed E-state index contributed by atoms with van der Waals surface area (Å²) in [5.41, 5.74) is 2.39. The number of hydrogen-bond acceptors (Lipinski definition) is 4. The summed E-state index contributed by atoms with van der Waals surface area (Å²) in [7, 11) is -3.26. The van der Waals surface area contributed by atoms with Crippen molar-refractivity contribution in [3.63, 3.8) is 0 Å². The van der Waals surface area contributed by atoms with E-state index in [1.807, 2.05) is 24.3 Å². The molecule has 1 aliphatic heterocycles. The van der Waals surface area contributed by atoms with Gasteiger partial charge in [-0.15, -0.1) is 0 Å². The molecule has 5 nitrogen and oxygen atoms in total. The van der Waals surface area contributed by atoms with E-state index in [0.717, 1.165) is 37.5 Å². The van der Waals surface area contributed by atoms with Crippen LogP contribution >= 0.6 is 0 Å². The van der Waals surface area contributed by atoms with Gasteiger partial charge in [0.1, 0.15) is 0 Å². The number of carbonyl (C=O) groups excluding carboxylic acids is 1. The van der Waals surface area contributed by atoms with Gasteiger partial charge < -0.3 is 5.32 Å². The van der Waals surface area contributed by atoms with Gasteiger partial charge in [0.2, 0.25) is 0 Å². The highest BCUT2D eigenvalue weighted by Gasteiger charge is 2.16. The predicted molar refractivity (Wildman–Crippen MR) is 108 cm³/mol. The quantitative estimate of drug-likeness (QED) is 0.853. The minimum atomic E-state index is -3.26. The summed E-state index contributed by atoms with van der Waals surface area (Å²) < 4.78 is 23.0. The van der Waals surface area contributed by atoms with Crippen molar-refractivity contribution in [2.45, 2.75) is 31.2 Å². The third kappa shape index (κ3) is 5.40. The van der Waals surface area contributed by atoms with Crippen LogP contribution in [0, 0.1) is 5.92 Å². The molecule has 1 atom stereocenters. The van der Waals surface area contributed by atoms with Gasteiger partial charge in [-0.25, -0.2) is 8.42 Å². The molecular formula is C21H26N2O3S. The summed E-state index contributed by atoms with van der Waals surface area (Å²) in [6.07, 6.45) is 3.72. The summed E-state index contributed by atoms with van der Waals surface area (Å²) in [5, 5.41) is 2.85. The summed E-state index contributed by atoms with van der Waals surface area (Å²) in [5.74, 6) is 0.499. The van der Waals surface area contributed by atoms with Crippen LogP contribution in [0.1, 0.15) is 35.7 Å². The molecule has 0 aliphatic carbocycles. The fourth-order valence-corrected chi connectivity index (χ4v) is 4.07. The first-order chi connectivity index (χ1) is 12.8. The van der Waals surface area contributed by atoms with E-state index in [0.29, 0.717) is 5.56 Å². The standard InChI is InChI=1S/C21H26N2O3S/c1-16-4-3-13-23(14-16)15-17-5-9-19(10-6-17)22-21(24)18-7-11-20(12-8-18)27(2,25)26/h5-12,16H,3-4,13-15H2,1-2H3,(H,22,24)/t16-/m1/s1. The lowest BCUT2D eigenvalue weighted by Crippen LogP contribution is -2.33. The number of likely N-dealkylation sites (tertiary alicyclic amines) is 1. The third-order valence-electron chi connectivity index (χ3n) is 4.90. The number of rotatable bonds is 5. The second kappa shape index (κ2) is 8.23. The molecule has 0 bridgehead atoms. The molecule has 1 fully saturated rings. The Bertz CT molecular complexity index is 890. The number of anilines is 1. The Kier molecular flexibility index (Phi) is 5.97. The Hall–Kier alpha value is -2.18. The highest BCUT2D eigenvalue weighted by Crippen LogP contribution is 2.19. The topological polar surface area (TPSA) is 66.5 Å². The van der Waals surface area contributed by atoms with E-state index in [9.17, 15) is 13.2 Å². The number of piperidine rings is 1. The first kappa shape index (κ1) is 19.6. The highest BCUT2D eigenvalue weighted by atomic mass is 32.2. The van der Waals surface area contributed by atoms with Crippen LogP contribution < -0.4 is 5.32 Å². The molecule has 2 aromatic carbocycles. The van der Waals surface area contributed by atoms with Crippen molar-refractivity contribution in [1.82, 2.24) is 4.90 Å². The van der Waals surface area contributed by atoms with Crippen LogP contribution in [-0.4, -0.2) is 38.6 Å². The molecule has 27 heavy (non-hydrogen) atoms. The second-order valence-corrected chi connectivity index (χ2v) is 9.45. The van der Waals surface area contributed by atoms with Crippen LogP contribution in [0.4, 0.5) is 5.69 Å². The SMILES string of the molecule is C[C@@H]1CCCN(Cc2ccc(NC(=O)c3ccc(S(C)(=O)=O)cc3)cc2)C1. The normalized spacial score (nSPS) is 18.2. The van der Waals surface area contributed by atoms with Gasteiger partial charge in [-0.2, -0.15) is 0 Å². The second-order valence-electron chi connectivity index (χ2n) is 7.43. The number of nitrogens with zero attached hydrogens (tertiary/aromatic N) is 1. The summed E-state index contributed by atoms with van der Waals surface area (Å²) >= 11 is 0. The molecule has 1 amide bonds. The third-order valence-corrected chi connectivity index (χ3v) is 6.03. The van der Waals surface area contributed by atoms with Gasteiger partial charge in [0.25, 0.3) is 5.91 Å². The molecule has 1 aliphatic rings. The zero-order chi connectivity index (χ0) is 19.4. The zero-order valence-electron chi connectivity index (χ0n) is 15.8. The van der Waals surface area contributed by atoms with Gasteiger partial charge in [-0.3, -0.25) is 9.69 Å². The van der Waals surface area contributed by atoms with E-state index in [-0.39, 0.29) is 10.8 Å². The van der Waals surface area contributed by atoms with Gasteiger partial charge in [0, 0.05) is 30.6 Å². The molecule has 3 rings (SSSR count). The number of benzene rings is 2. The Labute approximate surface area is 161 Å². The molecule has 2 aromatic rings. The molecule has 144 valence electrons. The van der Waals surface area contributed by atoms with Crippen molar-refractivity contribution in [3.05, 3.63) is 59.7 Å². The molecule has 6 heteroatoms. The van der Waals surface area contributed by atoms with Crippen LogP contribution in [0.5, 0.6) is 0 Å². The summed E-state index contributed by atoms with van der Waals surface area (Å²) in [4.78, 5) is 15.0. The molecule has 0 unspecified atom stereocenters. The van der Waals surface area contributed by atoms with Crippen LogP contribution in [-0.2, 0) is 16.4 Å². The largest absolute Gasteiger partial charge is 0.322 e. The van der Waals surface area contributed by atoms with Gasteiger partial charge in [-0.1, -0.05) is 19.1 Å². The van der Waals surface area contributed by atoms with Gasteiger partial charge >= 0.3 is 0 Å². The van der Waals surface area contributed by atoms with Gasteiger partial charge in [0.05, 0.1) is 4.90 Å². The number of hydrogen-bond donors (Lipinski definition) is 1. The maximum atomic E-state index is 12.3. The smallest absolute Gasteiger partial charge is 0.255 e. The van der Waals surface area contributed by atoms with Crippen LogP contribution in [0.3, 0.4) is 0 Å². The van der Waals surface area contributed by atoms with Gasteiger partial charge in [-0.05, 0) is 67.3 Å². The Balaban J connectivity index is 1.59. The molecule has 0 spiro atoms. The van der Waals surface area contributed by atoms with Crippen molar-refractivity contribution in [3.8, 4) is 0 Å². The van der Waals surface area contributed by atoms with E-state index < -0.39 is 9.84 Å². The fourth-order valence-electron chi connectivity index (χ4n) is 3.44. The van der Waals surface area contributed by atoms with E-state index in [1.165, 1.54) is 42.7 Å². The number of carbonyl (C=O) groups is 1. The summed E-state index contributed by atoms with van der Waals surface area (Å²) in [6, 6.07) is 13.9. The first-order valence-corrected chi connectivity index (χ1v) is 11.1. The van der Waals surface area contributed by atoms with Crippen molar-refractivity contribution in [2.75, 3.05) is 24.7 Å². The fraction of sp³-hybridized carbons (Fsp3) is 0.381. The monoisotopic (exact) mass is 386 g/mol. The molecule has 1 saturated heterocycles. The van der Waals surface area contributed by atoms with Crippen molar-refractivity contribution in [1.29, 1.82) is 0 Å². The minimum absolute atomic E-state index is 0.204. The van der Waals surface area contributed by atoms with Crippen LogP contribution in [0.2, 0.25) is 0 Å². The van der Waals surface area contributed by atoms with E-state index in [1.54, 1.807) is 0 Å². The first-order valence-electron chi connectivity index (χ1n) is 9.24. The van der Waals surface area contributed by atoms with Crippen LogP contribution in [0.25, 0.3) is 0 Å². The lowest BCUT2D eigenvalue weighted by Gasteiger charge is -2.30. The van der Waals surface area contributed by atoms with E-state index in [4.69, 9.17) is 0 Å². The maximum Gasteiger partial charge on any atom is 0.255 e. The maximum absolute atomic E-state index is 12.3. The summed E-state index contributed by atoms with van der Waals surface area (Å²) in [6.45, 7) is 5.52. The number of amides is 1. The lowest BCUT2D eigenvalue weighted by molar-refractivity contribution is 0.102. The lowest BCUT2D eigenvalue weighted by atomic mass is 10.00. The minimum Gasteiger partial charge on any atom is -0.322 e. The van der Waals surface area contributed by atoms with Crippen LogP contribution in [0.15, 0.2) is 53.4 Å². The average molecular weight is 387 g/mol. The molecule has 0 saturated carbocycles. The zero-order valence-corrected chi connectivity index (χ0v) is 16.6. The highest BCUT2D eigenvalue weighted by molar-refractivity contribution is 7.90. The average Bonchev–Trinajstić information content (AvgIpc) is 2.63. The van der Waals surface area contributed by atoms with Crippen molar-refractivity contribution in [2.24, 2.45) is 5.92 Å². The number of sulfone groups is 1. The van der Waals surface area contributed by atoms with Crippen molar-refractivity contribution >= 4 is 21.4 Å². The number of nitrogens with one attached hydrogen (secondary N) is 1. The van der Waals surface area contributed by atoms with Crippen molar-refractivity contribution < 1.29 is 13.2 Å². The molecule has 1 N–H and O–H groups in total. The molecule has 0 aromatic heterocycles. The predicted octanol–water partition coefficient (Wildman–Crippen LogP) is 3.57. The van der Waals surface area contributed by atoms with E-state index in [2.05, 4.69) is 17.1 Å². The molecular weight excluding hydrogens is 360 g/mol. The Morgan fingerprint density at radius 2 is 1.78 bits per heavy atom. The molecule has 0 radical (unpaired) electrons. The van der Waals surface area contributed by atoms with Gasteiger partial charge in [0.15, 0.2) is 9.84 Å². The molecule has 1 heterocycles.